The number of hydrogen-bond donors (Lipinski definition) is 1. The quantitative estimate of drug-likeness (QED) is 0.935. The molecular formula is C22H23NO2. The van der Waals surface area contributed by atoms with Crippen molar-refractivity contribution in [1.82, 2.24) is 4.98 Å². The van der Waals surface area contributed by atoms with E-state index in [1.54, 1.807) is 14.2 Å². The van der Waals surface area contributed by atoms with Crippen LogP contribution in [0, 0.1) is 0 Å². The minimum Gasteiger partial charge on any atom is -0.493 e. The largest absolute Gasteiger partial charge is 0.493 e. The minimum absolute atomic E-state index is 0.799. The van der Waals surface area contributed by atoms with Gasteiger partial charge in [-0.05, 0) is 60.2 Å². The third-order valence-electron chi connectivity index (χ3n) is 5.17. The summed E-state index contributed by atoms with van der Waals surface area (Å²) in [6, 6.07) is 4.15. The first-order valence-electron chi connectivity index (χ1n) is 8.76. The molecule has 0 spiro atoms. The summed E-state index contributed by atoms with van der Waals surface area (Å²) in [6.07, 6.45) is 12.7. The van der Waals surface area contributed by atoms with E-state index >= 15 is 0 Å². The van der Waals surface area contributed by atoms with Gasteiger partial charge in [0.1, 0.15) is 0 Å². The Labute approximate surface area is 148 Å². The Kier molecular flexibility index (Phi) is 4.00. The molecule has 2 aliphatic rings. The lowest BCUT2D eigenvalue weighted by molar-refractivity contribution is 0.351. The fraction of sp³-hybridized carbons (Fsp3) is 0.273. The van der Waals surface area contributed by atoms with Crippen molar-refractivity contribution in [2.24, 2.45) is 0 Å². The van der Waals surface area contributed by atoms with E-state index in [0.717, 1.165) is 37.2 Å². The highest BCUT2D eigenvalue weighted by Gasteiger charge is 2.23. The molecule has 0 amide bonds. The first-order chi connectivity index (χ1) is 12.3. The van der Waals surface area contributed by atoms with Gasteiger partial charge in [0.25, 0.3) is 0 Å². The number of aromatic nitrogens is 1. The number of benzene rings is 1. The molecule has 1 heterocycles. The van der Waals surface area contributed by atoms with Crippen LogP contribution in [0.25, 0.3) is 23.4 Å². The molecule has 1 aromatic heterocycles. The molecule has 0 saturated heterocycles. The fourth-order valence-corrected chi connectivity index (χ4v) is 4.01. The molecule has 4 rings (SSSR count). The van der Waals surface area contributed by atoms with Gasteiger partial charge in [0, 0.05) is 16.5 Å². The second-order valence-corrected chi connectivity index (χ2v) is 6.48. The SMILES string of the molecule is C=CC1=CCC=c2c3c([nH]c2=C1)-c1ccc(OC)c(OC)c1CCC3. The molecule has 3 nitrogen and oxygen atoms in total. The molecule has 0 fully saturated rings. The number of allylic oxidation sites excluding steroid dienone is 3. The van der Waals surface area contributed by atoms with Crippen molar-refractivity contribution < 1.29 is 9.47 Å². The topological polar surface area (TPSA) is 34.2 Å². The number of nitrogens with one attached hydrogen (secondary N) is 1. The van der Waals surface area contributed by atoms with Crippen molar-refractivity contribution in [3.63, 3.8) is 0 Å². The van der Waals surface area contributed by atoms with Crippen LogP contribution >= 0.6 is 0 Å². The summed E-state index contributed by atoms with van der Waals surface area (Å²) in [7, 11) is 3.41. The van der Waals surface area contributed by atoms with Gasteiger partial charge in [-0.15, -0.1) is 0 Å². The lowest BCUT2D eigenvalue weighted by Crippen LogP contribution is -2.24. The van der Waals surface area contributed by atoms with Gasteiger partial charge in [0.05, 0.1) is 19.9 Å². The number of H-pyrrole nitrogens is 1. The van der Waals surface area contributed by atoms with Crippen LogP contribution in [0.1, 0.15) is 24.0 Å². The van der Waals surface area contributed by atoms with Gasteiger partial charge in [-0.2, -0.15) is 0 Å². The average molecular weight is 333 g/mol. The highest BCUT2D eigenvalue weighted by Crippen LogP contribution is 2.40. The summed E-state index contributed by atoms with van der Waals surface area (Å²) in [5, 5.41) is 2.52. The third kappa shape index (κ3) is 2.51. The first-order valence-corrected chi connectivity index (χ1v) is 8.76. The molecule has 3 heteroatoms. The van der Waals surface area contributed by atoms with Gasteiger partial charge in [-0.25, -0.2) is 0 Å². The highest BCUT2D eigenvalue weighted by atomic mass is 16.5. The smallest absolute Gasteiger partial charge is 0.164 e. The van der Waals surface area contributed by atoms with Crippen molar-refractivity contribution >= 4 is 12.2 Å². The normalized spacial score (nSPS) is 15.2. The molecular weight excluding hydrogens is 310 g/mol. The van der Waals surface area contributed by atoms with E-state index in [-0.39, 0.29) is 0 Å². The number of rotatable bonds is 3. The Morgan fingerprint density at radius 1 is 1.08 bits per heavy atom. The molecule has 2 aliphatic carbocycles. The predicted octanol–water partition coefficient (Wildman–Crippen LogP) is 3.26. The van der Waals surface area contributed by atoms with E-state index in [2.05, 4.69) is 35.9 Å². The van der Waals surface area contributed by atoms with Crippen molar-refractivity contribution in [3.8, 4) is 22.8 Å². The van der Waals surface area contributed by atoms with E-state index < -0.39 is 0 Å². The molecule has 0 unspecified atom stereocenters. The Morgan fingerprint density at radius 2 is 1.92 bits per heavy atom. The number of fused-ring (bicyclic) bond motifs is 5. The molecule has 128 valence electrons. The van der Waals surface area contributed by atoms with Crippen LogP contribution in [0.2, 0.25) is 0 Å². The maximum Gasteiger partial charge on any atom is 0.164 e. The molecule has 0 bridgehead atoms. The number of ether oxygens (including phenoxy) is 2. The Bertz CT molecular complexity index is 992. The van der Waals surface area contributed by atoms with Crippen LogP contribution in [0.3, 0.4) is 0 Å². The minimum atomic E-state index is 0.799. The summed E-state index contributed by atoms with van der Waals surface area (Å²) in [5.41, 5.74) is 6.26. The Morgan fingerprint density at radius 3 is 2.68 bits per heavy atom. The van der Waals surface area contributed by atoms with Crippen molar-refractivity contribution in [2.45, 2.75) is 25.7 Å². The van der Waals surface area contributed by atoms with Gasteiger partial charge in [0.2, 0.25) is 0 Å². The summed E-state index contributed by atoms with van der Waals surface area (Å²) >= 11 is 0. The number of aromatic amines is 1. The van der Waals surface area contributed by atoms with E-state index in [9.17, 15) is 0 Å². The van der Waals surface area contributed by atoms with Crippen molar-refractivity contribution in [2.75, 3.05) is 14.2 Å². The van der Waals surface area contributed by atoms with Crippen LogP contribution in [0.5, 0.6) is 11.5 Å². The molecule has 0 saturated carbocycles. The Balaban J connectivity index is 2.00. The van der Waals surface area contributed by atoms with Crippen LogP contribution in [-0.4, -0.2) is 19.2 Å². The van der Waals surface area contributed by atoms with E-state index in [0.29, 0.717) is 0 Å². The second kappa shape index (κ2) is 6.32. The lowest BCUT2D eigenvalue weighted by Gasteiger charge is -2.15. The van der Waals surface area contributed by atoms with Gasteiger partial charge < -0.3 is 14.5 Å². The van der Waals surface area contributed by atoms with E-state index in [1.165, 1.54) is 38.5 Å². The van der Waals surface area contributed by atoms with Gasteiger partial charge in [0.15, 0.2) is 11.5 Å². The summed E-state index contributed by atoms with van der Waals surface area (Å²) in [5.74, 6) is 1.66. The predicted molar refractivity (Wildman–Crippen MR) is 102 cm³/mol. The standard InChI is InChI=1S/C22H23NO2/c1-4-14-7-5-8-15-16-9-6-10-18-17(21(16)23-19(15)13-14)11-12-20(24-2)22(18)25-3/h4,7-8,11-13,23H,1,5-6,9-10H2,2-3H3. The van der Waals surface area contributed by atoms with Crippen LogP contribution in [-0.2, 0) is 12.8 Å². The van der Waals surface area contributed by atoms with Gasteiger partial charge in [-0.3, -0.25) is 0 Å². The first kappa shape index (κ1) is 15.8. The zero-order chi connectivity index (χ0) is 17.4. The average Bonchev–Trinajstić information content (AvgIpc) is 2.79. The second-order valence-electron chi connectivity index (χ2n) is 6.48. The van der Waals surface area contributed by atoms with Crippen LogP contribution < -0.4 is 20.0 Å². The van der Waals surface area contributed by atoms with Crippen LogP contribution in [0.15, 0.2) is 36.4 Å². The maximum atomic E-state index is 5.68. The molecule has 0 aliphatic heterocycles. The molecule has 1 N–H and O–H groups in total. The maximum absolute atomic E-state index is 5.68. The van der Waals surface area contributed by atoms with Gasteiger partial charge in [-0.1, -0.05) is 24.8 Å². The molecule has 1 aromatic carbocycles. The number of methoxy groups -OCH3 is 2. The van der Waals surface area contributed by atoms with E-state index in [4.69, 9.17) is 9.47 Å². The summed E-state index contributed by atoms with van der Waals surface area (Å²) in [4.78, 5) is 3.67. The molecule has 0 atom stereocenters. The zero-order valence-corrected chi connectivity index (χ0v) is 14.8. The van der Waals surface area contributed by atoms with Crippen molar-refractivity contribution in [3.05, 3.63) is 58.1 Å². The molecule has 0 radical (unpaired) electrons. The summed E-state index contributed by atoms with van der Waals surface area (Å²) in [6.45, 7) is 3.92. The van der Waals surface area contributed by atoms with Gasteiger partial charge >= 0.3 is 0 Å². The monoisotopic (exact) mass is 333 g/mol. The van der Waals surface area contributed by atoms with Crippen molar-refractivity contribution in [1.29, 1.82) is 0 Å². The van der Waals surface area contributed by atoms with Crippen LogP contribution in [0.4, 0.5) is 0 Å². The molecule has 25 heavy (non-hydrogen) atoms. The lowest BCUT2D eigenvalue weighted by atomic mass is 10.0. The Hall–Kier alpha value is -2.68. The summed E-state index contributed by atoms with van der Waals surface area (Å²) < 4.78 is 11.2. The highest BCUT2D eigenvalue weighted by molar-refractivity contribution is 5.75. The third-order valence-corrected chi connectivity index (χ3v) is 5.17. The zero-order valence-electron chi connectivity index (χ0n) is 14.8. The van der Waals surface area contributed by atoms with E-state index in [1.807, 2.05) is 12.1 Å². The fourth-order valence-electron chi connectivity index (χ4n) is 4.01. The molecule has 2 aromatic rings. The number of hydrogen-bond acceptors (Lipinski definition) is 2.